The molecule has 11 heavy (non-hydrogen) atoms. The van der Waals surface area contributed by atoms with Crippen LogP contribution in [0.25, 0.3) is 0 Å². The van der Waals surface area contributed by atoms with E-state index in [-0.39, 0.29) is 5.91 Å². The minimum atomic E-state index is -0.0197. The molecule has 0 aromatic carbocycles. The minimum absolute atomic E-state index is 0.0197. The van der Waals surface area contributed by atoms with E-state index in [1.807, 2.05) is 0 Å². The summed E-state index contributed by atoms with van der Waals surface area (Å²) in [4.78, 5) is 11.8. The first-order valence-electron chi connectivity index (χ1n) is 3.48. The molecule has 0 saturated carbocycles. The van der Waals surface area contributed by atoms with Crippen molar-refractivity contribution in [3.05, 3.63) is 23.3 Å². The topological polar surface area (TPSA) is 29.1 Å². The molecule has 0 bridgehead atoms. The molecule has 0 unspecified atom stereocenters. The summed E-state index contributed by atoms with van der Waals surface area (Å²) in [5.74, 6) is -0.0197. The summed E-state index contributed by atoms with van der Waals surface area (Å²) >= 11 is 1.56. The van der Waals surface area contributed by atoms with Crippen molar-refractivity contribution in [2.75, 3.05) is 0 Å². The molecule has 1 heterocycles. The van der Waals surface area contributed by atoms with Crippen molar-refractivity contribution in [1.29, 1.82) is 0 Å². The van der Waals surface area contributed by atoms with Gasteiger partial charge in [-0.2, -0.15) is 0 Å². The number of thioether (sulfide) groups is 1. The molecule has 1 rings (SSSR count). The molecule has 3 heteroatoms. The fourth-order valence-electron chi connectivity index (χ4n) is 0.809. The van der Waals surface area contributed by atoms with Gasteiger partial charge in [0.15, 0.2) is 0 Å². The Balaban J connectivity index is 2.64. The van der Waals surface area contributed by atoms with Crippen LogP contribution in [0.1, 0.15) is 13.8 Å². The van der Waals surface area contributed by atoms with E-state index in [4.69, 9.17) is 0 Å². The molecule has 0 saturated heterocycles. The van der Waals surface area contributed by atoms with Gasteiger partial charge in [-0.25, -0.2) is 0 Å². The summed E-state index contributed by atoms with van der Waals surface area (Å²) in [6.07, 6.45) is 1.78. The maximum atomic E-state index is 11.1. The van der Waals surface area contributed by atoms with Gasteiger partial charge in [0.05, 0.1) is 4.91 Å². The van der Waals surface area contributed by atoms with E-state index >= 15 is 0 Å². The van der Waals surface area contributed by atoms with E-state index in [0.29, 0.717) is 10.9 Å². The molecule has 0 aromatic heterocycles. The first kappa shape index (κ1) is 8.40. The molecule has 2 nitrogen and oxygen atoms in total. The van der Waals surface area contributed by atoms with Crippen molar-refractivity contribution in [1.82, 2.24) is 5.32 Å². The maximum Gasteiger partial charge on any atom is 0.262 e. The van der Waals surface area contributed by atoms with Crippen LogP contribution >= 0.6 is 11.8 Å². The van der Waals surface area contributed by atoms with Crippen LogP contribution in [0.5, 0.6) is 0 Å². The van der Waals surface area contributed by atoms with Crippen LogP contribution in [0.15, 0.2) is 23.3 Å². The van der Waals surface area contributed by atoms with Crippen LogP contribution in [0.4, 0.5) is 0 Å². The molecular weight excluding hydrogens is 158 g/mol. The van der Waals surface area contributed by atoms with Crippen molar-refractivity contribution in [3.63, 3.8) is 0 Å². The third-order valence-electron chi connectivity index (χ3n) is 1.17. The van der Waals surface area contributed by atoms with Crippen LogP contribution in [0.2, 0.25) is 0 Å². The van der Waals surface area contributed by atoms with Crippen molar-refractivity contribution >= 4 is 17.7 Å². The molecule has 0 aromatic rings. The first-order valence-corrected chi connectivity index (χ1v) is 4.36. The van der Waals surface area contributed by atoms with Crippen LogP contribution in [-0.2, 0) is 4.79 Å². The van der Waals surface area contributed by atoms with Gasteiger partial charge in [-0.1, -0.05) is 20.4 Å². The van der Waals surface area contributed by atoms with Gasteiger partial charge in [0, 0.05) is 10.9 Å². The Labute approximate surface area is 70.7 Å². The molecule has 0 radical (unpaired) electrons. The van der Waals surface area contributed by atoms with Crippen molar-refractivity contribution in [2.45, 2.75) is 19.1 Å². The van der Waals surface area contributed by atoms with Crippen LogP contribution in [-0.4, -0.2) is 11.2 Å². The summed E-state index contributed by atoms with van der Waals surface area (Å²) in [5, 5.41) is 3.07. The van der Waals surface area contributed by atoms with E-state index in [2.05, 4.69) is 25.7 Å². The van der Waals surface area contributed by atoms with Gasteiger partial charge in [-0.05, 0) is 6.08 Å². The number of hydrogen-bond donors (Lipinski definition) is 1. The maximum absolute atomic E-state index is 11.1. The van der Waals surface area contributed by atoms with Crippen LogP contribution in [0, 0.1) is 0 Å². The number of nitrogens with one attached hydrogen (secondary N) is 1. The Morgan fingerprint density at radius 2 is 2.27 bits per heavy atom. The smallest absolute Gasteiger partial charge is 0.262 e. The van der Waals surface area contributed by atoms with E-state index < -0.39 is 0 Å². The molecule has 1 amide bonds. The van der Waals surface area contributed by atoms with Gasteiger partial charge in [0.25, 0.3) is 5.91 Å². The zero-order valence-corrected chi connectivity index (χ0v) is 7.49. The molecular formula is C8H11NOS. The van der Waals surface area contributed by atoms with Crippen molar-refractivity contribution < 1.29 is 4.79 Å². The Morgan fingerprint density at radius 1 is 1.64 bits per heavy atom. The highest BCUT2D eigenvalue weighted by atomic mass is 32.2. The first-order chi connectivity index (χ1) is 5.09. The molecule has 1 aliphatic heterocycles. The van der Waals surface area contributed by atoms with E-state index in [1.165, 1.54) is 0 Å². The van der Waals surface area contributed by atoms with E-state index in [1.54, 1.807) is 17.8 Å². The largest absolute Gasteiger partial charge is 0.322 e. The molecule has 1 N–H and O–H groups in total. The second-order valence-corrected chi connectivity index (χ2v) is 4.27. The average molecular weight is 169 g/mol. The summed E-state index contributed by atoms with van der Waals surface area (Å²) in [6, 6.07) is 0. The van der Waals surface area contributed by atoms with Crippen molar-refractivity contribution in [3.8, 4) is 0 Å². The van der Waals surface area contributed by atoms with Crippen molar-refractivity contribution in [2.24, 2.45) is 0 Å². The standard InChI is InChI=1S/C8H11NOS/c1-5(2)11-7-4-6(3)9-8(7)10/h4-5H,3H2,1-2H3,(H,9,10). The number of hydrogen-bond acceptors (Lipinski definition) is 2. The highest BCUT2D eigenvalue weighted by Gasteiger charge is 2.17. The Bertz CT molecular complexity index is 230. The van der Waals surface area contributed by atoms with Gasteiger partial charge >= 0.3 is 0 Å². The van der Waals surface area contributed by atoms with Gasteiger partial charge in [-0.15, -0.1) is 11.8 Å². The fourth-order valence-corrected chi connectivity index (χ4v) is 1.69. The molecule has 0 aliphatic carbocycles. The predicted molar refractivity (Wildman–Crippen MR) is 48.1 cm³/mol. The summed E-state index contributed by atoms with van der Waals surface area (Å²) < 4.78 is 0. The highest BCUT2D eigenvalue weighted by Crippen LogP contribution is 2.25. The van der Waals surface area contributed by atoms with Crippen LogP contribution in [0.3, 0.4) is 0 Å². The monoisotopic (exact) mass is 169 g/mol. The Hall–Kier alpha value is -0.700. The quantitative estimate of drug-likeness (QED) is 0.681. The predicted octanol–water partition coefficient (Wildman–Crippen LogP) is 1.66. The molecule has 0 fully saturated rings. The lowest BCUT2D eigenvalue weighted by molar-refractivity contribution is -0.115. The number of carbonyl (C=O) groups is 1. The third kappa shape index (κ3) is 2.12. The fraction of sp³-hybridized carbons (Fsp3) is 0.375. The SMILES string of the molecule is C=C1C=C(SC(C)C)C(=O)N1. The summed E-state index contributed by atoms with van der Waals surface area (Å²) in [5.41, 5.74) is 0.693. The lowest BCUT2D eigenvalue weighted by Crippen LogP contribution is -2.15. The van der Waals surface area contributed by atoms with Gasteiger partial charge < -0.3 is 5.32 Å². The molecule has 60 valence electrons. The third-order valence-corrected chi connectivity index (χ3v) is 2.19. The normalized spacial score (nSPS) is 17.2. The number of rotatable bonds is 2. The lowest BCUT2D eigenvalue weighted by Gasteiger charge is -2.01. The summed E-state index contributed by atoms with van der Waals surface area (Å²) in [6.45, 7) is 7.75. The van der Waals surface area contributed by atoms with E-state index in [9.17, 15) is 4.79 Å². The molecule has 1 aliphatic rings. The minimum Gasteiger partial charge on any atom is -0.322 e. The Kier molecular flexibility index (Phi) is 2.39. The summed E-state index contributed by atoms with van der Waals surface area (Å²) in [7, 11) is 0. The number of amides is 1. The zero-order valence-electron chi connectivity index (χ0n) is 6.68. The average Bonchev–Trinajstić information content (AvgIpc) is 2.09. The zero-order chi connectivity index (χ0) is 8.43. The molecule has 0 spiro atoms. The molecule has 0 atom stereocenters. The van der Waals surface area contributed by atoms with Crippen LogP contribution < -0.4 is 5.32 Å². The highest BCUT2D eigenvalue weighted by molar-refractivity contribution is 8.04. The van der Waals surface area contributed by atoms with Gasteiger partial charge in [0.2, 0.25) is 0 Å². The number of allylic oxidation sites excluding steroid dienone is 1. The number of carbonyl (C=O) groups excluding carboxylic acids is 1. The van der Waals surface area contributed by atoms with E-state index in [0.717, 1.165) is 4.91 Å². The van der Waals surface area contributed by atoms with Gasteiger partial charge in [0.1, 0.15) is 0 Å². The Morgan fingerprint density at radius 3 is 2.64 bits per heavy atom. The second-order valence-electron chi connectivity index (χ2n) is 2.65. The second kappa shape index (κ2) is 3.13. The lowest BCUT2D eigenvalue weighted by atomic mass is 10.5. The van der Waals surface area contributed by atoms with Gasteiger partial charge in [-0.3, -0.25) is 4.79 Å².